The van der Waals surface area contributed by atoms with Crippen molar-refractivity contribution in [1.29, 1.82) is 0 Å². The summed E-state index contributed by atoms with van der Waals surface area (Å²) in [6, 6.07) is 5.57. The summed E-state index contributed by atoms with van der Waals surface area (Å²) in [4.78, 5) is 24.2. The van der Waals surface area contributed by atoms with Gasteiger partial charge >= 0.3 is 5.97 Å². The molecule has 0 spiro atoms. The Morgan fingerprint density at radius 3 is 2.66 bits per heavy atom. The van der Waals surface area contributed by atoms with E-state index in [1.807, 2.05) is 0 Å². The number of halogens is 1. The van der Waals surface area contributed by atoms with Gasteiger partial charge < -0.3 is 10.1 Å². The highest BCUT2D eigenvalue weighted by Crippen LogP contribution is 2.27. The first-order valence-corrected chi connectivity index (χ1v) is 12.1. The first-order valence-electron chi connectivity index (χ1n) is 8.67. The molecule has 1 N–H and O–H groups in total. The van der Waals surface area contributed by atoms with Gasteiger partial charge in [0.05, 0.1) is 0 Å². The van der Waals surface area contributed by atoms with Crippen molar-refractivity contribution in [2.75, 3.05) is 36.5 Å². The van der Waals surface area contributed by atoms with Crippen molar-refractivity contribution in [2.24, 2.45) is 0 Å². The van der Waals surface area contributed by atoms with Crippen molar-refractivity contribution in [2.45, 2.75) is 11.8 Å². The normalized spacial score (nSPS) is 15.1. The molecule has 29 heavy (non-hydrogen) atoms. The van der Waals surface area contributed by atoms with Crippen LogP contribution in [0.4, 0.5) is 10.1 Å². The molecule has 1 aliphatic heterocycles. The van der Waals surface area contributed by atoms with Crippen LogP contribution in [0, 0.1) is 12.7 Å². The fraction of sp³-hybridized carbons (Fsp3) is 0.333. The van der Waals surface area contributed by atoms with Crippen molar-refractivity contribution in [3.8, 4) is 0 Å². The second kappa shape index (κ2) is 9.24. The Balaban J connectivity index is 1.63. The number of amides is 1. The maximum absolute atomic E-state index is 13.5. The topological polar surface area (TPSA) is 92.8 Å². The van der Waals surface area contributed by atoms with E-state index in [0.29, 0.717) is 30.2 Å². The molecule has 1 aromatic carbocycles. The molecule has 0 radical (unpaired) electrons. The van der Waals surface area contributed by atoms with Crippen molar-refractivity contribution >= 4 is 50.7 Å². The number of anilines is 1. The molecule has 1 aromatic heterocycles. The number of hydrogen-bond acceptors (Lipinski definition) is 7. The molecule has 2 aromatic rings. The third kappa shape index (κ3) is 5.16. The van der Waals surface area contributed by atoms with E-state index in [2.05, 4.69) is 5.32 Å². The Morgan fingerprint density at radius 1 is 1.24 bits per heavy atom. The predicted molar refractivity (Wildman–Crippen MR) is 110 cm³/mol. The SMILES string of the molecule is Cc1ccc(NC(=O)COC(=O)c2sccc2S(=O)(=O)N2CCSCC2)cc1F. The van der Waals surface area contributed by atoms with E-state index < -0.39 is 34.3 Å². The Morgan fingerprint density at radius 2 is 1.97 bits per heavy atom. The van der Waals surface area contributed by atoms with E-state index in [1.165, 1.54) is 27.9 Å². The number of hydrogen-bond donors (Lipinski definition) is 1. The minimum Gasteiger partial charge on any atom is -0.451 e. The number of esters is 1. The second-order valence-electron chi connectivity index (χ2n) is 6.22. The number of nitrogens with one attached hydrogen (secondary N) is 1. The number of benzene rings is 1. The maximum Gasteiger partial charge on any atom is 0.350 e. The molecule has 1 amide bonds. The van der Waals surface area contributed by atoms with Crippen LogP contribution in [0.1, 0.15) is 15.2 Å². The lowest BCUT2D eigenvalue weighted by Gasteiger charge is -2.25. The van der Waals surface area contributed by atoms with E-state index in [-0.39, 0.29) is 15.5 Å². The highest BCUT2D eigenvalue weighted by Gasteiger charge is 2.31. The largest absolute Gasteiger partial charge is 0.451 e. The van der Waals surface area contributed by atoms with Gasteiger partial charge in [-0.05, 0) is 36.1 Å². The summed E-state index contributed by atoms with van der Waals surface area (Å²) in [7, 11) is -3.80. The molecule has 7 nitrogen and oxygen atoms in total. The molecule has 0 unspecified atom stereocenters. The van der Waals surface area contributed by atoms with Crippen LogP contribution >= 0.6 is 23.1 Å². The van der Waals surface area contributed by atoms with E-state index in [9.17, 15) is 22.4 Å². The summed E-state index contributed by atoms with van der Waals surface area (Å²) < 4.78 is 45.5. The zero-order chi connectivity index (χ0) is 21.0. The summed E-state index contributed by atoms with van der Waals surface area (Å²) in [6.45, 7) is 1.74. The molecular formula is C18H19FN2O5S3. The standard InChI is InChI=1S/C18H19FN2O5S3/c1-12-2-3-13(10-14(12)19)20-16(22)11-26-18(23)17-15(4-7-28-17)29(24,25)21-5-8-27-9-6-21/h2-4,7,10H,5-6,8-9,11H2,1H3,(H,20,22). The number of thiophene rings is 1. The highest BCUT2D eigenvalue weighted by molar-refractivity contribution is 7.99. The Bertz CT molecular complexity index is 1020. The van der Waals surface area contributed by atoms with Crippen LogP contribution in [0.2, 0.25) is 0 Å². The van der Waals surface area contributed by atoms with Gasteiger partial charge in [0.15, 0.2) is 6.61 Å². The monoisotopic (exact) mass is 458 g/mol. The summed E-state index contributed by atoms with van der Waals surface area (Å²) in [5.41, 5.74) is 0.671. The van der Waals surface area contributed by atoms with Gasteiger partial charge in [0.1, 0.15) is 15.6 Å². The van der Waals surface area contributed by atoms with E-state index in [0.717, 1.165) is 17.4 Å². The van der Waals surface area contributed by atoms with Crippen molar-refractivity contribution < 1.29 is 27.1 Å². The van der Waals surface area contributed by atoms with Gasteiger partial charge in [-0.15, -0.1) is 11.3 Å². The first-order chi connectivity index (χ1) is 13.8. The molecule has 0 atom stereocenters. The van der Waals surface area contributed by atoms with Gasteiger partial charge in [-0.1, -0.05) is 6.07 Å². The average molecular weight is 459 g/mol. The zero-order valence-corrected chi connectivity index (χ0v) is 18.0. The number of sulfonamides is 1. The lowest BCUT2D eigenvalue weighted by atomic mass is 10.2. The number of ether oxygens (including phenoxy) is 1. The van der Waals surface area contributed by atoms with Crippen LogP contribution in [0.25, 0.3) is 0 Å². The number of thioether (sulfide) groups is 1. The third-order valence-electron chi connectivity index (χ3n) is 4.19. The molecule has 1 aliphatic rings. The molecule has 0 saturated carbocycles. The fourth-order valence-electron chi connectivity index (χ4n) is 2.64. The maximum atomic E-state index is 13.5. The number of nitrogens with zero attached hydrogens (tertiary/aromatic N) is 1. The Hall–Kier alpha value is -1.95. The van der Waals surface area contributed by atoms with Crippen LogP contribution in [0.15, 0.2) is 34.5 Å². The van der Waals surface area contributed by atoms with Crippen molar-refractivity contribution in [3.05, 3.63) is 45.9 Å². The van der Waals surface area contributed by atoms with Crippen LogP contribution in [0.5, 0.6) is 0 Å². The van der Waals surface area contributed by atoms with Crippen LogP contribution in [0.3, 0.4) is 0 Å². The van der Waals surface area contributed by atoms with Gasteiger partial charge in [0, 0.05) is 30.3 Å². The van der Waals surface area contributed by atoms with Gasteiger partial charge in [-0.25, -0.2) is 17.6 Å². The number of carbonyl (C=O) groups is 2. The van der Waals surface area contributed by atoms with Crippen LogP contribution in [-0.2, 0) is 19.6 Å². The molecule has 0 aliphatic carbocycles. The van der Waals surface area contributed by atoms with Crippen molar-refractivity contribution in [3.63, 3.8) is 0 Å². The molecule has 1 saturated heterocycles. The second-order valence-corrected chi connectivity index (χ2v) is 10.3. The minimum atomic E-state index is -3.80. The van der Waals surface area contributed by atoms with E-state index in [1.54, 1.807) is 18.7 Å². The fourth-order valence-corrected chi connectivity index (χ4v) is 6.50. The molecule has 11 heteroatoms. The van der Waals surface area contributed by atoms with E-state index in [4.69, 9.17) is 4.74 Å². The van der Waals surface area contributed by atoms with Crippen LogP contribution < -0.4 is 5.32 Å². The molecule has 0 bridgehead atoms. The highest BCUT2D eigenvalue weighted by atomic mass is 32.2. The Kier molecular flexibility index (Phi) is 6.93. The smallest absolute Gasteiger partial charge is 0.350 e. The number of rotatable bonds is 6. The van der Waals surface area contributed by atoms with Gasteiger partial charge in [-0.3, -0.25) is 4.79 Å². The van der Waals surface area contributed by atoms with Crippen molar-refractivity contribution in [1.82, 2.24) is 4.31 Å². The molecule has 2 heterocycles. The van der Waals surface area contributed by atoms with Gasteiger partial charge in [0.2, 0.25) is 10.0 Å². The lowest BCUT2D eigenvalue weighted by molar-refractivity contribution is -0.119. The molecule has 3 rings (SSSR count). The third-order valence-corrected chi connectivity index (χ3v) is 8.10. The quantitative estimate of drug-likeness (QED) is 0.669. The summed E-state index contributed by atoms with van der Waals surface area (Å²) in [6.07, 6.45) is 0. The summed E-state index contributed by atoms with van der Waals surface area (Å²) >= 11 is 2.61. The van der Waals surface area contributed by atoms with Gasteiger partial charge in [0.25, 0.3) is 5.91 Å². The summed E-state index contributed by atoms with van der Waals surface area (Å²) in [5, 5.41) is 3.92. The predicted octanol–water partition coefficient (Wildman–Crippen LogP) is 2.73. The molecular weight excluding hydrogens is 439 g/mol. The number of carbonyl (C=O) groups excluding carboxylic acids is 2. The van der Waals surface area contributed by atoms with Crippen LogP contribution in [-0.4, -0.2) is 55.8 Å². The minimum absolute atomic E-state index is 0.0718. The summed E-state index contributed by atoms with van der Waals surface area (Å²) in [5.74, 6) is -0.624. The average Bonchev–Trinajstić information content (AvgIpc) is 3.20. The van der Waals surface area contributed by atoms with Gasteiger partial charge in [-0.2, -0.15) is 16.1 Å². The number of aryl methyl sites for hydroxylation is 1. The Labute approximate surface area is 176 Å². The molecule has 156 valence electrons. The van der Waals surface area contributed by atoms with E-state index >= 15 is 0 Å². The zero-order valence-electron chi connectivity index (χ0n) is 15.5. The lowest BCUT2D eigenvalue weighted by Crippen LogP contribution is -2.38. The molecule has 1 fully saturated rings. The first kappa shape index (κ1) is 21.8.